The average Bonchev–Trinajstić information content (AvgIpc) is 2.43. The first-order chi connectivity index (χ1) is 9.61. The van der Waals surface area contributed by atoms with Gasteiger partial charge in [0.2, 0.25) is 0 Å². The maximum Gasteiger partial charge on any atom is 0.338 e. The van der Waals surface area contributed by atoms with Crippen LogP contribution in [0.5, 0.6) is 0 Å². The molecule has 112 valence electrons. The topological polar surface area (TPSA) is 71.9 Å². The summed E-state index contributed by atoms with van der Waals surface area (Å²) in [6.07, 6.45) is 1.97. The van der Waals surface area contributed by atoms with Crippen LogP contribution in [0, 0.1) is 5.82 Å². The van der Waals surface area contributed by atoms with Crippen LogP contribution < -0.4 is 4.90 Å². The Hall–Kier alpha value is -1.73. The number of carboxylic acid groups (broad SMARTS) is 1. The molecular weight excluding hydrogens is 267 g/mol. The lowest BCUT2D eigenvalue weighted by atomic mass is 10.2. The zero-order valence-corrected chi connectivity index (χ0v) is 11.6. The van der Waals surface area contributed by atoms with Crippen LogP contribution in [0.1, 0.15) is 16.8 Å². The molecule has 7 heteroatoms. The van der Waals surface area contributed by atoms with Crippen LogP contribution in [-0.4, -0.2) is 56.6 Å². The molecule has 20 heavy (non-hydrogen) atoms. The highest BCUT2D eigenvalue weighted by Gasteiger charge is 2.19. The fourth-order valence-electron chi connectivity index (χ4n) is 1.74. The summed E-state index contributed by atoms with van der Waals surface area (Å²) in [5, 5.41) is 8.93. The number of anilines is 1. The van der Waals surface area contributed by atoms with Gasteiger partial charge in [-0.1, -0.05) is 0 Å². The van der Waals surface area contributed by atoms with E-state index in [2.05, 4.69) is 4.98 Å². The van der Waals surface area contributed by atoms with E-state index in [1.54, 1.807) is 19.1 Å². The Balaban J connectivity index is 2.93. The Labute approximate surface area is 117 Å². The maximum atomic E-state index is 14.2. The zero-order chi connectivity index (χ0) is 15.0. The van der Waals surface area contributed by atoms with Crippen molar-refractivity contribution in [3.05, 3.63) is 23.6 Å². The number of hydrogen-bond acceptors (Lipinski definition) is 5. The van der Waals surface area contributed by atoms with Gasteiger partial charge in [0.1, 0.15) is 5.56 Å². The molecule has 0 saturated carbocycles. The SMILES string of the molecule is COCCCN(CCOC)c1nccc(C(=O)O)c1F. The van der Waals surface area contributed by atoms with Crippen molar-refractivity contribution in [2.75, 3.05) is 45.4 Å². The smallest absolute Gasteiger partial charge is 0.338 e. The summed E-state index contributed by atoms with van der Waals surface area (Å²) >= 11 is 0. The molecule has 0 aliphatic carbocycles. The van der Waals surface area contributed by atoms with Crippen molar-refractivity contribution >= 4 is 11.8 Å². The minimum atomic E-state index is -1.31. The lowest BCUT2D eigenvalue weighted by Crippen LogP contribution is -2.31. The van der Waals surface area contributed by atoms with Gasteiger partial charge in [0, 0.05) is 40.1 Å². The van der Waals surface area contributed by atoms with Gasteiger partial charge in [0.15, 0.2) is 11.6 Å². The monoisotopic (exact) mass is 286 g/mol. The number of rotatable bonds is 9. The van der Waals surface area contributed by atoms with Crippen molar-refractivity contribution < 1.29 is 23.8 Å². The van der Waals surface area contributed by atoms with E-state index >= 15 is 0 Å². The average molecular weight is 286 g/mol. The highest BCUT2D eigenvalue weighted by Crippen LogP contribution is 2.19. The number of halogens is 1. The summed E-state index contributed by atoms with van der Waals surface area (Å²) in [5.74, 6) is -2.11. The Kier molecular flexibility index (Phi) is 6.89. The van der Waals surface area contributed by atoms with Crippen molar-refractivity contribution in [3.63, 3.8) is 0 Å². The fourth-order valence-corrected chi connectivity index (χ4v) is 1.74. The summed E-state index contributed by atoms with van der Waals surface area (Å²) < 4.78 is 24.1. The van der Waals surface area contributed by atoms with E-state index in [-0.39, 0.29) is 11.4 Å². The third-order valence-electron chi connectivity index (χ3n) is 2.74. The van der Waals surface area contributed by atoms with Crippen LogP contribution in [-0.2, 0) is 9.47 Å². The van der Waals surface area contributed by atoms with Gasteiger partial charge >= 0.3 is 5.97 Å². The minimum Gasteiger partial charge on any atom is -0.478 e. The summed E-state index contributed by atoms with van der Waals surface area (Å²) in [6, 6.07) is 1.14. The van der Waals surface area contributed by atoms with Crippen LogP contribution in [0.3, 0.4) is 0 Å². The molecule has 1 aromatic heterocycles. The van der Waals surface area contributed by atoms with Crippen LogP contribution >= 0.6 is 0 Å². The number of nitrogens with zero attached hydrogens (tertiary/aromatic N) is 2. The van der Waals surface area contributed by atoms with Crippen molar-refractivity contribution in [3.8, 4) is 0 Å². The molecule has 0 unspecified atom stereocenters. The van der Waals surface area contributed by atoms with Crippen molar-refractivity contribution in [1.82, 2.24) is 4.98 Å². The first kappa shape index (κ1) is 16.3. The maximum absolute atomic E-state index is 14.2. The highest BCUT2D eigenvalue weighted by atomic mass is 19.1. The molecule has 0 fully saturated rings. The Morgan fingerprint density at radius 2 is 2.05 bits per heavy atom. The molecule has 0 amide bonds. The summed E-state index contributed by atoms with van der Waals surface area (Å²) in [5.41, 5.74) is -0.385. The van der Waals surface area contributed by atoms with Gasteiger partial charge in [-0.2, -0.15) is 0 Å². The molecule has 0 radical (unpaired) electrons. The molecule has 1 aromatic rings. The first-order valence-electron chi connectivity index (χ1n) is 6.22. The highest BCUT2D eigenvalue weighted by molar-refractivity contribution is 5.88. The second kappa shape index (κ2) is 8.44. The summed E-state index contributed by atoms with van der Waals surface area (Å²) in [7, 11) is 3.13. The van der Waals surface area contributed by atoms with E-state index in [4.69, 9.17) is 14.6 Å². The molecule has 0 aromatic carbocycles. The van der Waals surface area contributed by atoms with E-state index in [1.165, 1.54) is 6.20 Å². The molecule has 0 aliphatic rings. The van der Waals surface area contributed by atoms with E-state index in [0.29, 0.717) is 32.7 Å². The standard InChI is InChI=1S/C13H19FN2O4/c1-19-8-3-6-16(7-9-20-2)12-11(14)10(13(17)18)4-5-15-12/h4-5H,3,6-9H2,1-2H3,(H,17,18). The molecule has 0 aliphatic heterocycles. The molecule has 0 saturated heterocycles. The molecule has 0 atom stereocenters. The van der Waals surface area contributed by atoms with Crippen LogP contribution in [0.4, 0.5) is 10.2 Å². The number of pyridine rings is 1. The van der Waals surface area contributed by atoms with Crippen molar-refractivity contribution in [2.45, 2.75) is 6.42 Å². The van der Waals surface area contributed by atoms with Crippen LogP contribution in [0.25, 0.3) is 0 Å². The quantitative estimate of drug-likeness (QED) is 0.692. The Morgan fingerprint density at radius 3 is 2.65 bits per heavy atom. The molecule has 0 spiro atoms. The summed E-state index contributed by atoms with van der Waals surface area (Å²) in [4.78, 5) is 16.5. The normalized spacial score (nSPS) is 10.6. The number of carboxylic acids is 1. The van der Waals surface area contributed by atoms with Crippen LogP contribution in [0.15, 0.2) is 12.3 Å². The van der Waals surface area contributed by atoms with Gasteiger partial charge in [-0.25, -0.2) is 14.2 Å². The second-order valence-electron chi connectivity index (χ2n) is 4.13. The number of methoxy groups -OCH3 is 2. The predicted molar refractivity (Wildman–Crippen MR) is 71.7 cm³/mol. The Bertz CT molecular complexity index is 442. The number of aromatic nitrogens is 1. The third kappa shape index (κ3) is 4.43. The second-order valence-corrected chi connectivity index (χ2v) is 4.13. The van der Waals surface area contributed by atoms with Gasteiger partial charge in [-0.05, 0) is 12.5 Å². The predicted octanol–water partition coefficient (Wildman–Crippen LogP) is 1.41. The van der Waals surface area contributed by atoms with E-state index in [9.17, 15) is 9.18 Å². The zero-order valence-electron chi connectivity index (χ0n) is 11.6. The lowest BCUT2D eigenvalue weighted by Gasteiger charge is -2.24. The number of hydrogen-bond donors (Lipinski definition) is 1. The summed E-state index contributed by atoms with van der Waals surface area (Å²) in [6.45, 7) is 1.85. The molecular formula is C13H19FN2O4. The molecule has 0 bridgehead atoms. The molecule has 1 heterocycles. The van der Waals surface area contributed by atoms with Gasteiger partial charge in [-0.3, -0.25) is 0 Å². The third-order valence-corrected chi connectivity index (χ3v) is 2.74. The van der Waals surface area contributed by atoms with E-state index < -0.39 is 11.8 Å². The van der Waals surface area contributed by atoms with Gasteiger partial charge in [-0.15, -0.1) is 0 Å². The van der Waals surface area contributed by atoms with E-state index in [0.717, 1.165) is 6.07 Å². The Morgan fingerprint density at radius 1 is 1.35 bits per heavy atom. The molecule has 6 nitrogen and oxygen atoms in total. The van der Waals surface area contributed by atoms with Crippen molar-refractivity contribution in [1.29, 1.82) is 0 Å². The minimum absolute atomic E-state index is 0.0260. The number of carbonyl (C=O) groups is 1. The number of ether oxygens (including phenoxy) is 2. The molecule has 1 N–H and O–H groups in total. The lowest BCUT2D eigenvalue weighted by molar-refractivity contribution is 0.0691. The van der Waals surface area contributed by atoms with Crippen molar-refractivity contribution in [2.24, 2.45) is 0 Å². The number of aromatic carboxylic acids is 1. The van der Waals surface area contributed by atoms with Gasteiger partial charge in [0.25, 0.3) is 0 Å². The largest absolute Gasteiger partial charge is 0.478 e. The fraction of sp³-hybridized carbons (Fsp3) is 0.538. The van der Waals surface area contributed by atoms with Gasteiger partial charge < -0.3 is 19.5 Å². The van der Waals surface area contributed by atoms with Crippen LogP contribution in [0.2, 0.25) is 0 Å². The van der Waals surface area contributed by atoms with E-state index in [1.807, 2.05) is 0 Å². The molecule has 1 rings (SSSR count). The first-order valence-corrected chi connectivity index (χ1v) is 6.22. The van der Waals surface area contributed by atoms with Gasteiger partial charge in [0.05, 0.1) is 6.61 Å².